The van der Waals surface area contributed by atoms with Crippen molar-refractivity contribution in [2.45, 2.75) is 51.5 Å². The van der Waals surface area contributed by atoms with Gasteiger partial charge >= 0.3 is 12.1 Å². The predicted molar refractivity (Wildman–Crippen MR) is 128 cm³/mol. The number of hydrogen-bond acceptors (Lipinski definition) is 4. The topological polar surface area (TPSA) is 105 Å². The Labute approximate surface area is 199 Å². The SMILES string of the molecule is CCC(C)(CNC(=O)OCC1c2ccccc2-c2ccccc21)C(=O)NC(CC(=O)O)C1CC1. The normalized spacial score (nSPS) is 17.1. The molecule has 2 aromatic rings. The molecule has 2 aromatic carbocycles. The number of carboxylic acids is 1. The number of aliphatic carboxylic acids is 1. The Balaban J connectivity index is 1.34. The summed E-state index contributed by atoms with van der Waals surface area (Å²) < 4.78 is 5.58. The molecule has 2 amide bonds. The quantitative estimate of drug-likeness (QED) is 0.486. The zero-order chi connectivity index (χ0) is 24.3. The lowest BCUT2D eigenvalue weighted by Gasteiger charge is -2.29. The number of alkyl carbamates (subject to hydrolysis) is 1. The molecule has 2 unspecified atom stereocenters. The molecule has 180 valence electrons. The van der Waals surface area contributed by atoms with Crippen molar-refractivity contribution in [2.75, 3.05) is 13.2 Å². The van der Waals surface area contributed by atoms with Crippen molar-refractivity contribution in [2.24, 2.45) is 11.3 Å². The monoisotopic (exact) mass is 464 g/mol. The van der Waals surface area contributed by atoms with Gasteiger partial charge in [-0.15, -0.1) is 0 Å². The number of rotatable bonds is 10. The van der Waals surface area contributed by atoms with Crippen LogP contribution in [-0.2, 0) is 14.3 Å². The van der Waals surface area contributed by atoms with Crippen LogP contribution in [0.25, 0.3) is 11.1 Å². The van der Waals surface area contributed by atoms with Gasteiger partial charge in [-0.05, 0) is 54.4 Å². The molecule has 0 spiro atoms. The maximum absolute atomic E-state index is 13.0. The third-order valence-corrected chi connectivity index (χ3v) is 7.20. The second-order valence-corrected chi connectivity index (χ2v) is 9.61. The third kappa shape index (κ3) is 5.08. The van der Waals surface area contributed by atoms with E-state index in [9.17, 15) is 14.4 Å². The standard InChI is InChI=1S/C27H32N2O5/c1-3-27(2,25(32)29-23(14-24(30)31)17-12-13-17)16-28-26(33)34-15-22-20-10-6-4-8-18(20)19-9-5-7-11-21(19)22/h4-11,17,22-23H,3,12-16H2,1-2H3,(H,28,33)(H,29,32)(H,30,31). The third-order valence-electron chi connectivity index (χ3n) is 7.20. The Kier molecular flexibility index (Phi) is 6.91. The first kappa shape index (κ1) is 23.8. The van der Waals surface area contributed by atoms with Gasteiger partial charge in [0.15, 0.2) is 0 Å². The molecular formula is C27H32N2O5. The second-order valence-electron chi connectivity index (χ2n) is 9.61. The van der Waals surface area contributed by atoms with Crippen LogP contribution in [0.5, 0.6) is 0 Å². The molecule has 0 bridgehead atoms. The molecule has 0 aliphatic heterocycles. The number of hydrogen-bond donors (Lipinski definition) is 3. The molecule has 0 heterocycles. The minimum Gasteiger partial charge on any atom is -0.481 e. The molecule has 7 heteroatoms. The van der Waals surface area contributed by atoms with E-state index in [1.165, 1.54) is 0 Å². The number of amides is 2. The molecule has 0 aromatic heterocycles. The van der Waals surface area contributed by atoms with Crippen LogP contribution in [-0.4, -0.2) is 42.3 Å². The van der Waals surface area contributed by atoms with E-state index in [4.69, 9.17) is 9.84 Å². The highest BCUT2D eigenvalue weighted by atomic mass is 16.5. The van der Waals surface area contributed by atoms with Gasteiger partial charge in [-0.3, -0.25) is 9.59 Å². The fourth-order valence-electron chi connectivity index (χ4n) is 4.65. The number of nitrogens with one attached hydrogen (secondary N) is 2. The lowest BCUT2D eigenvalue weighted by Crippen LogP contribution is -2.50. The molecule has 34 heavy (non-hydrogen) atoms. The van der Waals surface area contributed by atoms with E-state index in [-0.39, 0.29) is 43.4 Å². The highest BCUT2D eigenvalue weighted by Gasteiger charge is 2.39. The Bertz CT molecular complexity index is 1030. The van der Waals surface area contributed by atoms with E-state index in [0.29, 0.717) is 6.42 Å². The molecule has 3 N–H and O–H groups in total. The zero-order valence-corrected chi connectivity index (χ0v) is 19.7. The van der Waals surface area contributed by atoms with Gasteiger partial charge in [0.25, 0.3) is 0 Å². The van der Waals surface area contributed by atoms with Crippen LogP contribution in [0.3, 0.4) is 0 Å². The van der Waals surface area contributed by atoms with E-state index in [1.807, 2.05) is 31.2 Å². The van der Waals surface area contributed by atoms with Crippen LogP contribution in [0, 0.1) is 11.3 Å². The van der Waals surface area contributed by atoms with Crippen molar-refractivity contribution in [1.29, 1.82) is 0 Å². The largest absolute Gasteiger partial charge is 0.481 e. The number of carbonyl (C=O) groups is 3. The highest BCUT2D eigenvalue weighted by molar-refractivity contribution is 5.84. The van der Waals surface area contributed by atoms with Gasteiger partial charge in [-0.1, -0.05) is 55.5 Å². The molecule has 0 radical (unpaired) electrons. The molecule has 4 rings (SSSR count). The Hall–Kier alpha value is -3.35. The number of carbonyl (C=O) groups excluding carboxylic acids is 2. The van der Waals surface area contributed by atoms with Crippen LogP contribution < -0.4 is 10.6 Å². The van der Waals surface area contributed by atoms with E-state index in [2.05, 4.69) is 34.9 Å². The fourth-order valence-corrected chi connectivity index (χ4v) is 4.65. The fraction of sp³-hybridized carbons (Fsp3) is 0.444. The van der Waals surface area contributed by atoms with E-state index in [1.54, 1.807) is 6.92 Å². The first-order valence-corrected chi connectivity index (χ1v) is 11.9. The number of fused-ring (bicyclic) bond motifs is 3. The van der Waals surface area contributed by atoms with Gasteiger partial charge < -0.3 is 20.5 Å². The van der Waals surface area contributed by atoms with Crippen molar-refractivity contribution in [3.63, 3.8) is 0 Å². The van der Waals surface area contributed by atoms with Crippen molar-refractivity contribution in [3.05, 3.63) is 59.7 Å². The summed E-state index contributed by atoms with van der Waals surface area (Å²) in [5.41, 5.74) is 3.73. The summed E-state index contributed by atoms with van der Waals surface area (Å²) in [5, 5.41) is 14.8. The van der Waals surface area contributed by atoms with Crippen molar-refractivity contribution >= 4 is 18.0 Å². The predicted octanol–water partition coefficient (Wildman–Crippen LogP) is 4.31. The summed E-state index contributed by atoms with van der Waals surface area (Å²) in [7, 11) is 0. The molecule has 1 saturated carbocycles. The van der Waals surface area contributed by atoms with Gasteiger partial charge in [-0.2, -0.15) is 0 Å². The van der Waals surface area contributed by atoms with E-state index >= 15 is 0 Å². The molecule has 7 nitrogen and oxygen atoms in total. The molecule has 2 atom stereocenters. The maximum Gasteiger partial charge on any atom is 0.407 e. The highest BCUT2D eigenvalue weighted by Crippen LogP contribution is 2.44. The van der Waals surface area contributed by atoms with E-state index in [0.717, 1.165) is 35.1 Å². The van der Waals surface area contributed by atoms with Crippen molar-refractivity contribution < 1.29 is 24.2 Å². The van der Waals surface area contributed by atoms with Crippen LogP contribution in [0.1, 0.15) is 56.6 Å². The molecule has 2 aliphatic carbocycles. The number of ether oxygens (including phenoxy) is 1. The first-order valence-electron chi connectivity index (χ1n) is 11.9. The van der Waals surface area contributed by atoms with Crippen molar-refractivity contribution in [3.8, 4) is 11.1 Å². The lowest BCUT2D eigenvalue weighted by atomic mass is 9.85. The van der Waals surface area contributed by atoms with Gasteiger partial charge in [0, 0.05) is 18.5 Å². The average molecular weight is 465 g/mol. The van der Waals surface area contributed by atoms with Crippen molar-refractivity contribution in [1.82, 2.24) is 10.6 Å². The zero-order valence-electron chi connectivity index (χ0n) is 19.7. The van der Waals surface area contributed by atoms with Gasteiger partial charge in [-0.25, -0.2) is 4.79 Å². The van der Waals surface area contributed by atoms with Gasteiger partial charge in [0.1, 0.15) is 6.61 Å². The Morgan fingerprint density at radius 2 is 1.65 bits per heavy atom. The molecule has 1 fully saturated rings. The smallest absolute Gasteiger partial charge is 0.407 e. The summed E-state index contributed by atoms with van der Waals surface area (Å²) in [6.07, 6.45) is 1.69. The average Bonchev–Trinajstić information content (AvgIpc) is 3.63. The molecule has 0 saturated heterocycles. The Morgan fingerprint density at radius 1 is 1.06 bits per heavy atom. The minimum atomic E-state index is -0.924. The number of carboxylic acid groups (broad SMARTS) is 1. The minimum absolute atomic E-state index is 0.0330. The summed E-state index contributed by atoms with van der Waals surface area (Å²) in [4.78, 5) is 36.7. The van der Waals surface area contributed by atoms with Crippen LogP contribution >= 0.6 is 0 Å². The van der Waals surface area contributed by atoms with E-state index < -0.39 is 17.5 Å². The van der Waals surface area contributed by atoms with Crippen LogP contribution in [0.4, 0.5) is 4.79 Å². The number of benzene rings is 2. The van der Waals surface area contributed by atoms with Gasteiger partial charge in [0.2, 0.25) is 5.91 Å². The summed E-state index contributed by atoms with van der Waals surface area (Å²) in [6, 6.07) is 15.9. The summed E-state index contributed by atoms with van der Waals surface area (Å²) >= 11 is 0. The van der Waals surface area contributed by atoms with Crippen LogP contribution in [0.15, 0.2) is 48.5 Å². The summed E-state index contributed by atoms with van der Waals surface area (Å²) in [5.74, 6) is -0.982. The van der Waals surface area contributed by atoms with Gasteiger partial charge in [0.05, 0.1) is 11.8 Å². The second kappa shape index (κ2) is 9.87. The Morgan fingerprint density at radius 3 is 2.18 bits per heavy atom. The first-order chi connectivity index (χ1) is 16.3. The molecule has 2 aliphatic rings. The summed E-state index contributed by atoms with van der Waals surface area (Å²) in [6.45, 7) is 3.97. The molecular weight excluding hydrogens is 432 g/mol. The maximum atomic E-state index is 13.0. The van der Waals surface area contributed by atoms with Crippen LogP contribution in [0.2, 0.25) is 0 Å². The lowest BCUT2D eigenvalue weighted by molar-refractivity contribution is -0.138.